The van der Waals surface area contributed by atoms with Crippen LogP contribution in [0.4, 0.5) is 16.2 Å². The number of benzene rings is 4. The van der Waals surface area contributed by atoms with Crippen LogP contribution < -0.4 is 26.2 Å². The SMILES string of the molecule is CCN1/C(=C/C=C/C=C/C2=[N+](CCCCCC(=O)NCCCC(=O)NCCCC[C@H](NC(=O)N[C@@H](CCC(=O)O)C(=O)O)C(=O)O)c3ccc4c(S(=O)(=O)O)cc(S(=O)(=O)O)cc4c3C2(C)C)C(C)(C)c2c1ccc1c(S(=O)(=O)O)cc(S(=O)(=O)O)cc21. The van der Waals surface area contributed by atoms with Crippen LogP contribution in [0, 0.1) is 0 Å². The van der Waals surface area contributed by atoms with Gasteiger partial charge >= 0.3 is 23.9 Å². The lowest BCUT2D eigenvalue weighted by Gasteiger charge is -2.26. The molecule has 2 heterocycles. The van der Waals surface area contributed by atoms with Crippen molar-refractivity contribution in [3.63, 3.8) is 0 Å². The highest BCUT2D eigenvalue weighted by molar-refractivity contribution is 7.87. The van der Waals surface area contributed by atoms with E-state index in [0.717, 1.165) is 17.8 Å². The summed E-state index contributed by atoms with van der Waals surface area (Å²) in [6.45, 7) is 10.4. The first kappa shape index (κ1) is 69.5. The summed E-state index contributed by atoms with van der Waals surface area (Å²) >= 11 is 0. The zero-order valence-electron chi connectivity index (χ0n) is 48.6. The Morgan fingerprint density at radius 3 is 1.61 bits per heavy atom. The highest BCUT2D eigenvalue weighted by Crippen LogP contribution is 2.52. The lowest BCUT2D eigenvalue weighted by atomic mass is 9.79. The van der Waals surface area contributed by atoms with Crippen LogP contribution in [0.25, 0.3) is 21.5 Å². The third kappa shape index (κ3) is 16.5. The van der Waals surface area contributed by atoms with Gasteiger partial charge in [-0.15, -0.1) is 0 Å². The first-order chi connectivity index (χ1) is 40.9. The van der Waals surface area contributed by atoms with Crippen LogP contribution >= 0.6 is 0 Å². The molecule has 4 aromatic carbocycles. The van der Waals surface area contributed by atoms with Gasteiger partial charge in [-0.05, 0) is 125 Å². The lowest BCUT2D eigenvalue weighted by Crippen LogP contribution is -2.51. The Balaban J connectivity index is 1.11. The average Bonchev–Trinajstić information content (AvgIpc) is 1.68. The molecular formula is C57H71N6O21S4+. The molecule has 0 fully saturated rings. The van der Waals surface area contributed by atoms with E-state index in [2.05, 4.69) is 16.0 Å². The number of hydrogen-bond donors (Lipinski definition) is 11. The van der Waals surface area contributed by atoms with Crippen LogP contribution in [0.2, 0.25) is 0 Å². The van der Waals surface area contributed by atoms with Gasteiger partial charge in [-0.2, -0.15) is 38.2 Å². The highest BCUT2D eigenvalue weighted by Gasteiger charge is 2.46. The molecule has 0 unspecified atom stereocenters. The van der Waals surface area contributed by atoms with Gasteiger partial charge in [-0.3, -0.25) is 32.6 Å². The predicted molar refractivity (Wildman–Crippen MR) is 321 cm³/mol. The smallest absolute Gasteiger partial charge is 0.326 e. The number of carbonyl (C=O) groups excluding carboxylic acids is 3. The summed E-state index contributed by atoms with van der Waals surface area (Å²) in [4.78, 5) is 70.5. The molecule has 0 spiro atoms. The van der Waals surface area contributed by atoms with E-state index in [-0.39, 0.29) is 72.1 Å². The molecule has 2 aliphatic rings. The van der Waals surface area contributed by atoms with Crippen molar-refractivity contribution >= 4 is 115 Å². The van der Waals surface area contributed by atoms with E-state index in [1.807, 2.05) is 61.6 Å². The summed E-state index contributed by atoms with van der Waals surface area (Å²) in [7, 11) is -19.9. The van der Waals surface area contributed by atoms with E-state index in [9.17, 15) is 90.9 Å². The Morgan fingerprint density at radius 1 is 0.568 bits per heavy atom. The maximum absolute atomic E-state index is 12.9. The van der Waals surface area contributed by atoms with Gasteiger partial charge in [0.25, 0.3) is 40.5 Å². The Labute approximate surface area is 508 Å². The predicted octanol–water partition coefficient (Wildman–Crippen LogP) is 5.98. The van der Waals surface area contributed by atoms with Crippen molar-refractivity contribution in [2.75, 3.05) is 31.1 Å². The monoisotopic (exact) mass is 1300 g/mol. The number of nitrogens with one attached hydrogen (secondary N) is 4. The number of anilines is 1. The van der Waals surface area contributed by atoms with Crippen molar-refractivity contribution in [2.45, 2.75) is 148 Å². The fourth-order valence-corrected chi connectivity index (χ4v) is 13.8. The molecule has 0 aliphatic carbocycles. The van der Waals surface area contributed by atoms with Crippen molar-refractivity contribution in [1.82, 2.24) is 21.3 Å². The molecule has 4 aromatic rings. The molecule has 478 valence electrons. The third-order valence-corrected chi connectivity index (χ3v) is 18.7. The van der Waals surface area contributed by atoms with Gasteiger partial charge in [0, 0.05) is 90.6 Å². The fraction of sp³-hybridized carbons (Fsp3) is 0.421. The van der Waals surface area contributed by atoms with E-state index in [1.165, 1.54) is 12.1 Å². The van der Waals surface area contributed by atoms with Crippen molar-refractivity contribution in [2.24, 2.45) is 0 Å². The highest BCUT2D eigenvalue weighted by atomic mass is 32.2. The van der Waals surface area contributed by atoms with Gasteiger partial charge in [0.15, 0.2) is 5.71 Å². The molecule has 6 rings (SSSR count). The molecule has 88 heavy (non-hydrogen) atoms. The zero-order valence-corrected chi connectivity index (χ0v) is 51.9. The number of likely N-dealkylation sites (N-methyl/N-ethyl adjacent to an activating group) is 1. The number of allylic oxidation sites excluding steroid dienone is 6. The van der Waals surface area contributed by atoms with Gasteiger partial charge in [0.2, 0.25) is 17.5 Å². The summed E-state index contributed by atoms with van der Waals surface area (Å²) in [6.07, 6.45) is 10.5. The molecule has 27 nitrogen and oxygen atoms in total. The summed E-state index contributed by atoms with van der Waals surface area (Å²) < 4.78 is 143. The number of rotatable bonds is 30. The van der Waals surface area contributed by atoms with E-state index in [0.29, 0.717) is 85.5 Å². The van der Waals surface area contributed by atoms with E-state index < -0.39 is 120 Å². The number of aliphatic carboxylic acids is 3. The van der Waals surface area contributed by atoms with Gasteiger partial charge in [0.05, 0.1) is 15.2 Å². The number of nitrogens with zero attached hydrogens (tertiary/aromatic N) is 2. The molecule has 4 amide bonds. The van der Waals surface area contributed by atoms with Gasteiger partial charge < -0.3 is 41.5 Å². The number of fused-ring (bicyclic) bond motifs is 6. The van der Waals surface area contributed by atoms with Gasteiger partial charge in [-0.25, -0.2) is 14.4 Å². The molecule has 31 heteroatoms. The van der Waals surface area contributed by atoms with Crippen LogP contribution in [0.3, 0.4) is 0 Å². The quantitative estimate of drug-likeness (QED) is 0.0124. The van der Waals surface area contributed by atoms with Crippen LogP contribution in [0.1, 0.15) is 116 Å². The molecule has 0 saturated heterocycles. The number of unbranched alkanes of at least 4 members (excludes halogenated alkanes) is 3. The van der Waals surface area contributed by atoms with Crippen LogP contribution in [-0.2, 0) is 75.3 Å². The second-order valence-corrected chi connectivity index (χ2v) is 27.7. The molecule has 0 bridgehead atoms. The normalized spacial score (nSPS) is 16.1. The molecular weight excluding hydrogens is 1230 g/mol. The van der Waals surface area contributed by atoms with Crippen LogP contribution in [-0.4, -0.2) is 152 Å². The maximum atomic E-state index is 12.9. The van der Waals surface area contributed by atoms with Crippen molar-refractivity contribution in [1.29, 1.82) is 0 Å². The number of carboxylic acids is 3. The zero-order chi connectivity index (χ0) is 65.5. The second-order valence-electron chi connectivity index (χ2n) is 22.1. The van der Waals surface area contributed by atoms with Gasteiger partial charge in [0.1, 0.15) is 28.4 Å². The Bertz CT molecular complexity index is 4060. The molecule has 2 atom stereocenters. The Hall–Kier alpha value is -7.65. The maximum Gasteiger partial charge on any atom is 0.326 e. The Morgan fingerprint density at radius 2 is 1.09 bits per heavy atom. The first-order valence-corrected chi connectivity index (χ1v) is 33.6. The Kier molecular flexibility index (Phi) is 21.9. The molecule has 11 N–H and O–H groups in total. The van der Waals surface area contributed by atoms with Crippen molar-refractivity contribution < 1.29 is 101 Å². The number of amides is 4. The minimum absolute atomic E-state index is 0.00371. The average molecular weight is 1300 g/mol. The summed E-state index contributed by atoms with van der Waals surface area (Å²) in [5, 5.41) is 37.6. The van der Waals surface area contributed by atoms with Crippen LogP contribution in [0.15, 0.2) is 104 Å². The van der Waals surface area contributed by atoms with Crippen LogP contribution in [0.5, 0.6) is 0 Å². The third-order valence-electron chi connectivity index (χ3n) is 15.3. The first-order valence-electron chi connectivity index (χ1n) is 27.8. The van der Waals surface area contributed by atoms with E-state index >= 15 is 0 Å². The summed E-state index contributed by atoms with van der Waals surface area (Å²) in [5.41, 5.74) is 1.69. The minimum atomic E-state index is -5.03. The number of carboxylic acid groups (broad SMARTS) is 3. The number of urea groups is 1. The number of carbonyl (C=O) groups is 6. The number of hydrogen-bond acceptors (Lipinski definition) is 15. The van der Waals surface area contributed by atoms with E-state index in [4.69, 9.17) is 5.11 Å². The molecule has 2 aliphatic heterocycles. The minimum Gasteiger partial charge on any atom is -0.481 e. The summed E-state index contributed by atoms with van der Waals surface area (Å²) in [5.74, 6) is -4.72. The topological polar surface area (TPSA) is 435 Å². The lowest BCUT2D eigenvalue weighted by molar-refractivity contribution is -0.438. The summed E-state index contributed by atoms with van der Waals surface area (Å²) in [6, 6.07) is 5.84. The molecule has 0 saturated carbocycles. The fourth-order valence-electron chi connectivity index (χ4n) is 11.2. The van der Waals surface area contributed by atoms with Crippen molar-refractivity contribution in [3.8, 4) is 0 Å². The largest absolute Gasteiger partial charge is 0.481 e. The second kappa shape index (κ2) is 27.8. The van der Waals surface area contributed by atoms with E-state index in [1.54, 1.807) is 30.4 Å². The van der Waals surface area contributed by atoms with Gasteiger partial charge in [-0.1, -0.05) is 38.1 Å². The molecule has 0 radical (unpaired) electrons. The van der Waals surface area contributed by atoms with Crippen molar-refractivity contribution in [3.05, 3.63) is 95.7 Å². The molecule has 0 aromatic heterocycles. The standard InChI is InChI=1S/C57H70N6O21S4/c1-6-62-42-24-21-36-38(30-34(85(73,74)75)32-44(36)87(79,80)81)51(42)56(2,3)46(62)17-9-7-10-18-47-57(4,5)52-39-31-35(86(76,77)78)33-45(88(82,83)84)37(39)22-25-43(52)63(47)29-14-8-11-19-48(64)59-28-15-20-49(65)58-27-13-12-16-40(53(68)69)60-55(72)61-41(54(70)71)23-26-50(66)67/h7,9-10,17-18,21-22,24-25,30-33,40-41H,6,8,11-16,19-20,23,26-29H2,1-5H3,(H10-,58,59,60,61,64,65,66,67,68,69,70,71,72,73,74,75,76,77,78,79,80,81,82,83,84)/p+1/t40-,41-/m0/s1.